The Morgan fingerprint density at radius 2 is 1.87 bits per heavy atom. The third kappa shape index (κ3) is 1.92. The summed E-state index contributed by atoms with van der Waals surface area (Å²) in [6.45, 7) is 6.12. The van der Waals surface area contributed by atoms with Crippen LogP contribution >= 0.6 is 12.6 Å². The fourth-order valence-electron chi connectivity index (χ4n) is 1.66. The lowest BCUT2D eigenvalue weighted by Crippen LogP contribution is -1.99. The second-order valence-electron chi connectivity index (χ2n) is 3.81. The highest BCUT2D eigenvalue weighted by Gasteiger charge is 2.04. The van der Waals surface area contributed by atoms with Gasteiger partial charge >= 0.3 is 0 Å². The zero-order chi connectivity index (χ0) is 11.0. The summed E-state index contributed by atoms with van der Waals surface area (Å²) >= 11 is 4.36. The van der Waals surface area contributed by atoms with E-state index in [0.29, 0.717) is 0 Å². The van der Waals surface area contributed by atoms with Crippen molar-refractivity contribution in [3.8, 4) is 5.69 Å². The molecular formula is C12H14N2S. The van der Waals surface area contributed by atoms with Gasteiger partial charge in [0.15, 0.2) is 0 Å². The lowest BCUT2D eigenvalue weighted by molar-refractivity contribution is 0.831. The van der Waals surface area contributed by atoms with Gasteiger partial charge in [-0.15, -0.1) is 12.6 Å². The molecule has 0 unspecified atom stereocenters. The summed E-state index contributed by atoms with van der Waals surface area (Å²) in [5, 5.41) is 4.44. The molecular weight excluding hydrogens is 204 g/mol. The van der Waals surface area contributed by atoms with Crippen LogP contribution in [0.15, 0.2) is 29.2 Å². The first-order valence-corrected chi connectivity index (χ1v) is 5.36. The van der Waals surface area contributed by atoms with Crippen molar-refractivity contribution in [2.75, 3.05) is 0 Å². The zero-order valence-electron chi connectivity index (χ0n) is 9.15. The molecule has 0 saturated heterocycles. The summed E-state index contributed by atoms with van der Waals surface area (Å²) in [5.74, 6) is 0. The van der Waals surface area contributed by atoms with Crippen LogP contribution < -0.4 is 0 Å². The van der Waals surface area contributed by atoms with E-state index in [0.717, 1.165) is 22.0 Å². The molecule has 1 heterocycles. The molecule has 15 heavy (non-hydrogen) atoms. The minimum Gasteiger partial charge on any atom is -0.238 e. The maximum Gasteiger partial charge on any atom is 0.0652 e. The molecule has 0 saturated carbocycles. The Morgan fingerprint density at radius 1 is 1.13 bits per heavy atom. The van der Waals surface area contributed by atoms with Gasteiger partial charge in [-0.3, -0.25) is 0 Å². The average molecular weight is 218 g/mol. The Bertz CT molecular complexity index is 500. The first-order chi connectivity index (χ1) is 7.08. The molecule has 2 aromatic rings. The van der Waals surface area contributed by atoms with Gasteiger partial charge in [0.05, 0.1) is 11.4 Å². The van der Waals surface area contributed by atoms with Gasteiger partial charge in [-0.2, -0.15) is 5.10 Å². The van der Waals surface area contributed by atoms with Crippen LogP contribution in [-0.2, 0) is 0 Å². The van der Waals surface area contributed by atoms with E-state index in [1.807, 2.05) is 23.7 Å². The van der Waals surface area contributed by atoms with Gasteiger partial charge in [0, 0.05) is 10.6 Å². The van der Waals surface area contributed by atoms with Crippen molar-refractivity contribution in [3.63, 3.8) is 0 Å². The quantitative estimate of drug-likeness (QED) is 0.728. The highest BCUT2D eigenvalue weighted by atomic mass is 32.1. The van der Waals surface area contributed by atoms with E-state index in [2.05, 4.69) is 43.7 Å². The fourth-order valence-corrected chi connectivity index (χ4v) is 1.80. The molecule has 0 radical (unpaired) electrons. The minimum atomic E-state index is 1.01. The molecule has 0 N–H and O–H groups in total. The Morgan fingerprint density at radius 3 is 2.40 bits per heavy atom. The monoisotopic (exact) mass is 218 g/mol. The first-order valence-electron chi connectivity index (χ1n) is 4.91. The maximum absolute atomic E-state index is 4.44. The van der Waals surface area contributed by atoms with Gasteiger partial charge in [-0.1, -0.05) is 0 Å². The number of hydrogen-bond acceptors (Lipinski definition) is 2. The first kappa shape index (κ1) is 10.3. The molecule has 0 fully saturated rings. The van der Waals surface area contributed by atoms with Crippen LogP contribution in [0.3, 0.4) is 0 Å². The highest BCUT2D eigenvalue weighted by Crippen LogP contribution is 2.18. The second kappa shape index (κ2) is 3.74. The van der Waals surface area contributed by atoms with Crippen molar-refractivity contribution in [3.05, 3.63) is 41.2 Å². The van der Waals surface area contributed by atoms with Gasteiger partial charge in [0.1, 0.15) is 0 Å². The highest BCUT2D eigenvalue weighted by molar-refractivity contribution is 7.80. The van der Waals surface area contributed by atoms with E-state index in [-0.39, 0.29) is 0 Å². The fraction of sp³-hybridized carbons (Fsp3) is 0.250. The molecule has 0 atom stereocenters. The maximum atomic E-state index is 4.44. The summed E-state index contributed by atoms with van der Waals surface area (Å²) in [6.07, 6.45) is 0. The predicted octanol–water partition coefficient (Wildman–Crippen LogP) is 3.09. The summed E-state index contributed by atoms with van der Waals surface area (Å²) in [7, 11) is 0. The number of nitrogens with zero attached hydrogens (tertiary/aromatic N) is 2. The van der Waals surface area contributed by atoms with Crippen LogP contribution in [0.1, 0.15) is 17.0 Å². The van der Waals surface area contributed by atoms with Crippen molar-refractivity contribution in [2.24, 2.45) is 0 Å². The molecule has 0 spiro atoms. The van der Waals surface area contributed by atoms with Crippen LogP contribution in [-0.4, -0.2) is 9.78 Å². The zero-order valence-corrected chi connectivity index (χ0v) is 10.0. The molecule has 0 aliphatic carbocycles. The molecule has 78 valence electrons. The topological polar surface area (TPSA) is 17.8 Å². The summed E-state index contributed by atoms with van der Waals surface area (Å²) < 4.78 is 1.95. The molecule has 0 aliphatic rings. The minimum absolute atomic E-state index is 1.01. The Labute approximate surface area is 95.3 Å². The van der Waals surface area contributed by atoms with Gasteiger partial charge < -0.3 is 0 Å². The second-order valence-corrected chi connectivity index (χ2v) is 4.29. The van der Waals surface area contributed by atoms with E-state index < -0.39 is 0 Å². The van der Waals surface area contributed by atoms with Crippen LogP contribution in [0, 0.1) is 20.8 Å². The summed E-state index contributed by atoms with van der Waals surface area (Å²) in [4.78, 5) is 1.01. The lowest BCUT2D eigenvalue weighted by atomic mass is 10.2. The van der Waals surface area contributed by atoms with E-state index in [1.54, 1.807) is 0 Å². The van der Waals surface area contributed by atoms with E-state index in [4.69, 9.17) is 0 Å². The smallest absolute Gasteiger partial charge is 0.0652 e. The number of rotatable bonds is 1. The average Bonchev–Trinajstić information content (AvgIpc) is 2.50. The van der Waals surface area contributed by atoms with Crippen molar-refractivity contribution in [1.29, 1.82) is 0 Å². The van der Waals surface area contributed by atoms with E-state index in [9.17, 15) is 0 Å². The SMILES string of the molecule is Cc1cc(C)n(-c2ccc(S)c(C)c2)n1. The molecule has 2 nitrogen and oxygen atoms in total. The molecule has 1 aromatic heterocycles. The standard InChI is InChI=1S/C12H14N2S/c1-8-6-11(4-5-12(8)15)14-10(3)7-9(2)13-14/h4-7,15H,1-3H3. The molecule has 2 rings (SSSR count). The van der Waals surface area contributed by atoms with Gasteiger partial charge in [-0.25, -0.2) is 4.68 Å². The summed E-state index contributed by atoms with van der Waals surface area (Å²) in [6, 6.07) is 8.21. The number of benzene rings is 1. The lowest BCUT2D eigenvalue weighted by Gasteiger charge is -2.06. The Kier molecular flexibility index (Phi) is 2.57. The number of aromatic nitrogens is 2. The third-order valence-corrected chi connectivity index (χ3v) is 2.94. The van der Waals surface area contributed by atoms with Gasteiger partial charge in [0.25, 0.3) is 0 Å². The van der Waals surface area contributed by atoms with E-state index in [1.165, 1.54) is 5.56 Å². The van der Waals surface area contributed by atoms with Crippen molar-refractivity contribution in [2.45, 2.75) is 25.7 Å². The van der Waals surface area contributed by atoms with Crippen LogP contribution in [0.2, 0.25) is 0 Å². The van der Waals surface area contributed by atoms with E-state index >= 15 is 0 Å². The molecule has 0 amide bonds. The molecule has 0 aliphatic heterocycles. The van der Waals surface area contributed by atoms with Crippen molar-refractivity contribution >= 4 is 12.6 Å². The summed E-state index contributed by atoms with van der Waals surface area (Å²) in [5.41, 5.74) is 4.46. The van der Waals surface area contributed by atoms with Gasteiger partial charge in [-0.05, 0) is 50.6 Å². The molecule has 0 bridgehead atoms. The van der Waals surface area contributed by atoms with Crippen molar-refractivity contribution in [1.82, 2.24) is 9.78 Å². The Balaban J connectivity index is 2.54. The largest absolute Gasteiger partial charge is 0.238 e. The van der Waals surface area contributed by atoms with Crippen molar-refractivity contribution < 1.29 is 0 Å². The van der Waals surface area contributed by atoms with Crippen LogP contribution in [0.5, 0.6) is 0 Å². The van der Waals surface area contributed by atoms with Crippen LogP contribution in [0.25, 0.3) is 5.69 Å². The number of hydrogen-bond donors (Lipinski definition) is 1. The Hall–Kier alpha value is -1.22. The van der Waals surface area contributed by atoms with Crippen LogP contribution in [0.4, 0.5) is 0 Å². The number of aryl methyl sites for hydroxylation is 3. The molecule has 3 heteroatoms. The normalized spacial score (nSPS) is 10.7. The number of thiol groups is 1. The predicted molar refractivity (Wildman–Crippen MR) is 65.0 cm³/mol. The van der Waals surface area contributed by atoms with Gasteiger partial charge in [0.2, 0.25) is 0 Å². The molecule has 1 aromatic carbocycles. The third-order valence-electron chi connectivity index (χ3n) is 2.43.